The van der Waals surface area contributed by atoms with Gasteiger partial charge in [0.1, 0.15) is 28.7 Å². The molecule has 3 N–H and O–H groups in total. The minimum Gasteiger partial charge on any atom is -0.755 e. The largest absolute Gasteiger partial charge is 0.755 e. The topological polar surface area (TPSA) is 165 Å². The zero-order chi connectivity index (χ0) is 26.1. The van der Waals surface area contributed by atoms with Gasteiger partial charge in [-0.15, -0.1) is 0 Å². The number of nitrogens with two attached hydrogens (primary N) is 1. The number of nitrogen functional groups attached to an aromatic ring is 1. The highest BCUT2D eigenvalue weighted by molar-refractivity contribution is 7.81. The highest BCUT2D eigenvalue weighted by Crippen LogP contribution is 2.35. The second-order valence-electron chi connectivity index (χ2n) is 8.39. The highest BCUT2D eigenvalue weighted by atomic mass is 32.2. The number of benzene rings is 1. The van der Waals surface area contributed by atoms with Crippen LogP contribution in [0.5, 0.6) is 5.75 Å². The Labute approximate surface area is 213 Å². The maximum Gasteiger partial charge on any atom is 0.326 e. The first-order chi connectivity index (χ1) is 17.1. The second kappa shape index (κ2) is 10.2. The molecular formula is C22H25N6O6S2-. The number of rotatable bonds is 9. The van der Waals surface area contributed by atoms with E-state index in [0.717, 1.165) is 21.0 Å². The SMILES string of the molecule is COc1cc2c(N)nccc2cc1C[C@H](C(=O)O)N1CC[C@H](N(c2cnc(N(C)C)s2)S(=O)[O-])C1=O. The Balaban J connectivity index is 1.63. The molecule has 0 aliphatic carbocycles. The summed E-state index contributed by atoms with van der Waals surface area (Å²) in [5.41, 5.74) is 6.53. The summed E-state index contributed by atoms with van der Waals surface area (Å²) < 4.78 is 30.7. The lowest BCUT2D eigenvalue weighted by Gasteiger charge is -2.30. The molecule has 3 heterocycles. The van der Waals surface area contributed by atoms with Crippen molar-refractivity contribution in [2.45, 2.75) is 24.9 Å². The van der Waals surface area contributed by atoms with Crippen LogP contribution >= 0.6 is 11.3 Å². The van der Waals surface area contributed by atoms with E-state index >= 15 is 0 Å². The van der Waals surface area contributed by atoms with E-state index in [0.29, 0.717) is 27.6 Å². The van der Waals surface area contributed by atoms with Crippen molar-refractivity contribution in [2.75, 3.05) is 42.7 Å². The summed E-state index contributed by atoms with van der Waals surface area (Å²) in [6, 6.07) is 2.91. The summed E-state index contributed by atoms with van der Waals surface area (Å²) in [6.45, 7) is 0.0836. The molecule has 1 fully saturated rings. The zero-order valence-electron chi connectivity index (χ0n) is 19.8. The van der Waals surface area contributed by atoms with Gasteiger partial charge in [-0.3, -0.25) is 13.3 Å². The van der Waals surface area contributed by atoms with Gasteiger partial charge in [0, 0.05) is 49.9 Å². The molecule has 1 aliphatic heterocycles. The van der Waals surface area contributed by atoms with Crippen molar-refractivity contribution in [2.24, 2.45) is 0 Å². The van der Waals surface area contributed by atoms with Gasteiger partial charge in [-0.25, -0.2) is 14.8 Å². The number of likely N-dealkylation sites (tertiary alicyclic amines) is 1. The number of anilines is 3. The number of methoxy groups -OCH3 is 1. The summed E-state index contributed by atoms with van der Waals surface area (Å²) in [4.78, 5) is 36.9. The molecule has 3 atom stereocenters. The number of amides is 1. The molecule has 192 valence electrons. The molecule has 2 aromatic heterocycles. The van der Waals surface area contributed by atoms with Crippen LogP contribution in [-0.4, -0.2) is 80.4 Å². The molecule has 0 spiro atoms. The molecule has 0 bridgehead atoms. The van der Waals surface area contributed by atoms with Crippen LogP contribution in [-0.2, 0) is 27.3 Å². The number of nitrogens with zero attached hydrogens (tertiary/aromatic N) is 5. The molecule has 1 unspecified atom stereocenters. The lowest BCUT2D eigenvalue weighted by atomic mass is 10.00. The predicted molar refractivity (Wildman–Crippen MR) is 136 cm³/mol. The van der Waals surface area contributed by atoms with Crippen molar-refractivity contribution >= 4 is 61.2 Å². The Kier molecular flexibility index (Phi) is 7.28. The van der Waals surface area contributed by atoms with E-state index in [-0.39, 0.29) is 24.4 Å². The molecule has 4 rings (SSSR count). The summed E-state index contributed by atoms with van der Waals surface area (Å²) in [5.74, 6) is -1.06. The molecule has 3 aromatic rings. The Morgan fingerprint density at radius 1 is 1.42 bits per heavy atom. The molecule has 12 nitrogen and oxygen atoms in total. The number of carboxylic acid groups (broad SMARTS) is 1. The fraction of sp³-hybridized carbons (Fsp3) is 0.364. The van der Waals surface area contributed by atoms with E-state index in [1.54, 1.807) is 43.4 Å². The Morgan fingerprint density at radius 2 is 2.17 bits per heavy atom. The van der Waals surface area contributed by atoms with Gasteiger partial charge in [0.15, 0.2) is 5.13 Å². The standard InChI is InChI=1S/C22H26N6O6S2/c1-26(2)22-25-11-18(35-22)28(36(32)33)15-5-7-27(20(15)29)16(21(30)31)9-13-8-12-4-6-24-19(23)14(12)10-17(13)34-3/h4,6,8,10-11,15-16H,5,7,9H2,1-3H3,(H2,23,24)(H,30,31)(H,32,33)/p-1/t15-,16+/m0/s1. The number of carbonyl (C=O) groups excluding carboxylic acids is 1. The average Bonchev–Trinajstić information content (AvgIpc) is 3.45. The number of aliphatic carboxylic acids is 1. The number of fused-ring (bicyclic) bond motifs is 1. The van der Waals surface area contributed by atoms with Crippen LogP contribution in [0.2, 0.25) is 0 Å². The normalized spacial score (nSPS) is 17.3. The van der Waals surface area contributed by atoms with Gasteiger partial charge in [0.2, 0.25) is 5.91 Å². The molecule has 1 aromatic carbocycles. The van der Waals surface area contributed by atoms with E-state index in [2.05, 4.69) is 9.97 Å². The number of carbonyl (C=O) groups is 2. The van der Waals surface area contributed by atoms with Crippen molar-refractivity contribution in [3.8, 4) is 5.75 Å². The van der Waals surface area contributed by atoms with Crippen LogP contribution in [0.15, 0.2) is 30.6 Å². The first-order valence-corrected chi connectivity index (χ1v) is 12.7. The van der Waals surface area contributed by atoms with Crippen molar-refractivity contribution in [3.05, 3.63) is 36.2 Å². The fourth-order valence-corrected chi connectivity index (χ4v) is 5.96. The van der Waals surface area contributed by atoms with E-state index in [1.807, 2.05) is 0 Å². The molecule has 0 radical (unpaired) electrons. The van der Waals surface area contributed by atoms with Crippen LogP contribution < -0.4 is 19.7 Å². The molecule has 1 saturated heterocycles. The summed E-state index contributed by atoms with van der Waals surface area (Å²) >= 11 is -1.64. The molecule has 0 saturated carbocycles. The molecular weight excluding hydrogens is 508 g/mol. The van der Waals surface area contributed by atoms with Gasteiger partial charge in [0.25, 0.3) is 0 Å². The maximum atomic E-state index is 13.4. The number of hydrogen-bond donors (Lipinski definition) is 2. The number of aromatic nitrogens is 2. The van der Waals surface area contributed by atoms with Crippen LogP contribution in [0.25, 0.3) is 10.8 Å². The third-order valence-corrected chi connectivity index (χ3v) is 8.06. The number of hydrogen-bond acceptors (Lipinski definition) is 10. The minimum atomic E-state index is -2.76. The lowest BCUT2D eigenvalue weighted by molar-refractivity contribution is -0.148. The fourth-order valence-electron chi connectivity index (χ4n) is 4.27. The van der Waals surface area contributed by atoms with Crippen LogP contribution in [0.1, 0.15) is 12.0 Å². The highest BCUT2D eigenvalue weighted by Gasteiger charge is 2.43. The Bertz CT molecular complexity index is 1330. The number of thiazole rings is 1. The molecule has 1 aliphatic rings. The number of ether oxygens (including phenoxy) is 1. The van der Waals surface area contributed by atoms with Crippen LogP contribution in [0, 0.1) is 0 Å². The second-order valence-corrected chi connectivity index (χ2v) is 10.2. The van der Waals surface area contributed by atoms with E-state index in [9.17, 15) is 23.5 Å². The quantitative estimate of drug-likeness (QED) is 0.382. The third-order valence-electron chi connectivity index (χ3n) is 6.01. The average molecular weight is 534 g/mol. The maximum absolute atomic E-state index is 13.4. The van der Waals surface area contributed by atoms with Crippen molar-refractivity contribution in [1.29, 1.82) is 0 Å². The third kappa shape index (κ3) is 4.79. The van der Waals surface area contributed by atoms with Crippen molar-refractivity contribution in [3.63, 3.8) is 0 Å². The van der Waals surface area contributed by atoms with Crippen LogP contribution in [0.3, 0.4) is 0 Å². The lowest BCUT2D eigenvalue weighted by Crippen LogP contribution is -2.48. The van der Waals surface area contributed by atoms with Gasteiger partial charge < -0.3 is 29.9 Å². The first-order valence-electron chi connectivity index (χ1n) is 10.9. The minimum absolute atomic E-state index is 0.0407. The molecule has 1 amide bonds. The van der Waals surface area contributed by atoms with Gasteiger partial charge >= 0.3 is 5.97 Å². The number of carboxylic acids is 1. The Morgan fingerprint density at radius 3 is 2.78 bits per heavy atom. The molecule has 36 heavy (non-hydrogen) atoms. The van der Waals surface area contributed by atoms with E-state index in [1.165, 1.54) is 18.2 Å². The summed E-state index contributed by atoms with van der Waals surface area (Å²) in [7, 11) is 5.00. The zero-order valence-corrected chi connectivity index (χ0v) is 21.4. The number of pyridine rings is 1. The van der Waals surface area contributed by atoms with Gasteiger partial charge in [-0.2, -0.15) is 0 Å². The monoisotopic (exact) mass is 533 g/mol. The predicted octanol–water partition coefficient (Wildman–Crippen LogP) is 1.25. The smallest absolute Gasteiger partial charge is 0.326 e. The summed E-state index contributed by atoms with van der Waals surface area (Å²) in [5, 5.41) is 12.3. The van der Waals surface area contributed by atoms with E-state index in [4.69, 9.17) is 10.5 Å². The Hall–Kier alpha value is -3.49. The van der Waals surface area contributed by atoms with Crippen LogP contribution in [0.4, 0.5) is 16.0 Å². The van der Waals surface area contributed by atoms with Crippen molar-refractivity contribution < 1.29 is 28.2 Å². The summed E-state index contributed by atoms with van der Waals surface area (Å²) in [6.07, 6.45) is 3.04. The van der Waals surface area contributed by atoms with Gasteiger partial charge in [-0.1, -0.05) is 11.3 Å². The van der Waals surface area contributed by atoms with Crippen molar-refractivity contribution in [1.82, 2.24) is 14.9 Å². The van der Waals surface area contributed by atoms with E-state index < -0.39 is 35.2 Å². The molecule has 14 heteroatoms. The van der Waals surface area contributed by atoms with Gasteiger partial charge in [-0.05, 0) is 35.6 Å². The first kappa shape index (κ1) is 25.6. The van der Waals surface area contributed by atoms with Gasteiger partial charge in [0.05, 0.1) is 13.3 Å².